The highest BCUT2D eigenvalue weighted by molar-refractivity contribution is 7.45. The molecule has 0 bridgehead atoms. The van der Waals surface area contributed by atoms with Crippen LogP contribution in [-0.2, 0) is 27.9 Å². The van der Waals surface area contributed by atoms with Crippen molar-refractivity contribution in [2.24, 2.45) is 0 Å². The summed E-state index contributed by atoms with van der Waals surface area (Å²) in [4.78, 5) is 25.1. The molecule has 0 spiro atoms. The second kappa shape index (κ2) is 47.6. The van der Waals surface area contributed by atoms with E-state index in [9.17, 15) is 14.3 Å². The Labute approximate surface area is 400 Å². The summed E-state index contributed by atoms with van der Waals surface area (Å²) in [5.41, 5.74) is 0. The maximum absolute atomic E-state index is 12.7. The summed E-state index contributed by atoms with van der Waals surface area (Å²) in [6.07, 6.45) is 67.0. The van der Waals surface area contributed by atoms with Gasteiger partial charge in [0.2, 0.25) is 0 Å². The molecule has 2 atom stereocenters. The van der Waals surface area contributed by atoms with Crippen LogP contribution in [0, 0.1) is 0 Å². The average Bonchev–Trinajstić information content (AvgIpc) is 3.27. The number of ether oxygens (including phenoxy) is 2. The zero-order valence-corrected chi connectivity index (χ0v) is 43.0. The third-order valence-electron chi connectivity index (χ3n) is 10.3. The Morgan fingerprint density at radius 1 is 0.492 bits per heavy atom. The van der Waals surface area contributed by atoms with Crippen molar-refractivity contribution in [3.8, 4) is 0 Å². The molecule has 0 aromatic carbocycles. The van der Waals surface area contributed by atoms with Crippen LogP contribution in [0.3, 0.4) is 0 Å². The molecular weight excluding hydrogens is 830 g/mol. The van der Waals surface area contributed by atoms with E-state index in [-0.39, 0.29) is 26.2 Å². The number of hydrogen-bond donors (Lipinski definition) is 0. The Hall–Kier alpha value is -2.84. The van der Waals surface area contributed by atoms with Gasteiger partial charge in [0.05, 0.1) is 34.4 Å². The Balaban J connectivity index is 4.28. The Kier molecular flexibility index (Phi) is 45.6. The number of nitrogens with zero attached hydrogens (tertiary/aromatic N) is 1. The summed E-state index contributed by atoms with van der Waals surface area (Å²) >= 11 is 0. The van der Waals surface area contributed by atoms with Crippen LogP contribution in [0.1, 0.15) is 181 Å². The molecule has 0 fully saturated rings. The molecule has 0 rings (SSSR count). The minimum Gasteiger partial charge on any atom is -0.756 e. The van der Waals surface area contributed by atoms with Crippen LogP contribution < -0.4 is 4.89 Å². The van der Waals surface area contributed by atoms with Gasteiger partial charge in [0.1, 0.15) is 19.3 Å². The van der Waals surface area contributed by atoms with Gasteiger partial charge in [0, 0.05) is 13.0 Å². The molecule has 0 saturated heterocycles. The van der Waals surface area contributed by atoms with E-state index in [1.807, 2.05) is 33.3 Å². The van der Waals surface area contributed by atoms with Crippen LogP contribution in [0.4, 0.5) is 0 Å². The molecule has 0 aromatic heterocycles. The average molecular weight is 926 g/mol. The number of quaternary nitrogens is 1. The van der Waals surface area contributed by atoms with Crippen molar-refractivity contribution in [2.75, 3.05) is 54.1 Å². The zero-order chi connectivity index (χ0) is 47.6. The molecule has 9 heteroatoms. The van der Waals surface area contributed by atoms with E-state index in [0.29, 0.717) is 24.1 Å². The van der Waals surface area contributed by atoms with Gasteiger partial charge in [-0.2, -0.15) is 0 Å². The first kappa shape index (κ1) is 62.2. The second-order valence-electron chi connectivity index (χ2n) is 17.8. The standard InChI is InChI=1S/C56H96NO7P/c1-6-8-10-12-14-16-18-20-22-24-26-27-28-29-30-32-34-36-38-40-42-44-46-48-51-61-53-55(54-63-65(59,60)62-52-50-57(3,4)5)64-56(58)49-47-45-43-41-39-37-35-33-31-25-23-21-19-17-15-13-11-9-7-2/h9,11,15,17-18,20-21,23-24,26,28-29,31,33,37,39,43,45,55H,6-8,10,12-14,16,19,22,25,27,30,32,34-36,38,40-42,44,46-54H2,1-5H3/b11-9-,17-15-,20-18-,23-21-,26-24-,29-28-,33-31-,39-37-,45-43-. The van der Waals surface area contributed by atoms with Crippen LogP contribution in [-0.4, -0.2) is 70.7 Å². The first-order valence-electron chi connectivity index (χ1n) is 25.6. The van der Waals surface area contributed by atoms with Crippen LogP contribution in [0.2, 0.25) is 0 Å². The lowest BCUT2D eigenvalue weighted by Gasteiger charge is -2.28. The van der Waals surface area contributed by atoms with E-state index in [1.165, 1.54) is 83.5 Å². The van der Waals surface area contributed by atoms with Crippen LogP contribution in [0.15, 0.2) is 109 Å². The van der Waals surface area contributed by atoms with Crippen LogP contribution >= 0.6 is 7.82 Å². The quantitative estimate of drug-likeness (QED) is 0.0197. The maximum atomic E-state index is 12.7. The number of rotatable bonds is 46. The maximum Gasteiger partial charge on any atom is 0.306 e. The molecule has 372 valence electrons. The van der Waals surface area contributed by atoms with Crippen molar-refractivity contribution in [2.45, 2.75) is 187 Å². The Morgan fingerprint density at radius 2 is 0.892 bits per heavy atom. The minimum absolute atomic E-state index is 0.00505. The van der Waals surface area contributed by atoms with Crippen LogP contribution in [0.5, 0.6) is 0 Å². The monoisotopic (exact) mass is 926 g/mol. The van der Waals surface area contributed by atoms with Gasteiger partial charge < -0.3 is 27.9 Å². The van der Waals surface area contributed by atoms with E-state index in [0.717, 1.165) is 70.6 Å². The van der Waals surface area contributed by atoms with Gasteiger partial charge in [-0.05, 0) is 89.9 Å². The number of hydrogen-bond acceptors (Lipinski definition) is 7. The molecule has 0 amide bonds. The number of carbonyl (C=O) groups is 1. The van der Waals surface area contributed by atoms with Crippen LogP contribution in [0.25, 0.3) is 0 Å². The Morgan fingerprint density at radius 3 is 1.34 bits per heavy atom. The number of unbranched alkanes of at least 4 members (excludes halogenated alkanes) is 14. The fourth-order valence-corrected chi connectivity index (χ4v) is 7.13. The topological polar surface area (TPSA) is 94.1 Å². The van der Waals surface area contributed by atoms with Crippen molar-refractivity contribution in [1.29, 1.82) is 0 Å². The number of allylic oxidation sites excluding steroid dienone is 18. The van der Waals surface area contributed by atoms with E-state index in [4.69, 9.17) is 18.5 Å². The lowest BCUT2D eigenvalue weighted by atomic mass is 10.1. The van der Waals surface area contributed by atoms with Crippen molar-refractivity contribution in [1.82, 2.24) is 0 Å². The van der Waals surface area contributed by atoms with E-state index in [1.54, 1.807) is 0 Å². The van der Waals surface area contributed by atoms with Gasteiger partial charge in [-0.25, -0.2) is 0 Å². The van der Waals surface area contributed by atoms with Gasteiger partial charge in [-0.3, -0.25) is 9.36 Å². The summed E-state index contributed by atoms with van der Waals surface area (Å²) in [6.45, 7) is 5.15. The summed E-state index contributed by atoms with van der Waals surface area (Å²) in [7, 11) is 1.29. The van der Waals surface area contributed by atoms with E-state index in [2.05, 4.69) is 111 Å². The predicted molar refractivity (Wildman–Crippen MR) is 277 cm³/mol. The van der Waals surface area contributed by atoms with Gasteiger partial charge in [-0.1, -0.05) is 194 Å². The van der Waals surface area contributed by atoms with Gasteiger partial charge in [0.25, 0.3) is 7.82 Å². The summed E-state index contributed by atoms with van der Waals surface area (Å²) in [5, 5.41) is 0. The molecular formula is C56H96NO7P. The van der Waals surface area contributed by atoms with Gasteiger partial charge >= 0.3 is 5.97 Å². The third kappa shape index (κ3) is 52.0. The van der Waals surface area contributed by atoms with Gasteiger partial charge in [0.15, 0.2) is 0 Å². The number of phosphoric acid groups is 1. The highest BCUT2D eigenvalue weighted by Crippen LogP contribution is 2.38. The number of esters is 1. The number of phosphoric ester groups is 1. The lowest BCUT2D eigenvalue weighted by Crippen LogP contribution is -2.37. The highest BCUT2D eigenvalue weighted by atomic mass is 31.2. The molecule has 0 heterocycles. The third-order valence-corrected chi connectivity index (χ3v) is 11.3. The molecule has 0 N–H and O–H groups in total. The first-order valence-corrected chi connectivity index (χ1v) is 27.1. The first-order chi connectivity index (χ1) is 31.6. The molecule has 0 aliphatic heterocycles. The van der Waals surface area contributed by atoms with Crippen molar-refractivity contribution >= 4 is 13.8 Å². The largest absolute Gasteiger partial charge is 0.756 e. The molecule has 2 unspecified atom stereocenters. The molecule has 0 saturated carbocycles. The molecule has 8 nitrogen and oxygen atoms in total. The van der Waals surface area contributed by atoms with E-state index < -0.39 is 19.9 Å². The summed E-state index contributed by atoms with van der Waals surface area (Å²) in [6, 6.07) is 0. The molecule has 0 aliphatic carbocycles. The fraction of sp³-hybridized carbons (Fsp3) is 0.661. The molecule has 0 aliphatic rings. The Bertz CT molecular complexity index is 1400. The van der Waals surface area contributed by atoms with Crippen molar-refractivity contribution in [3.05, 3.63) is 109 Å². The molecule has 65 heavy (non-hydrogen) atoms. The number of carbonyl (C=O) groups excluding carboxylic acids is 1. The van der Waals surface area contributed by atoms with Crippen molar-refractivity contribution < 1.29 is 37.3 Å². The SMILES string of the molecule is CC/C=C\C/C=C\C/C=C\C/C=C\C/C=C\C/C=C\CCC(=O)OC(COCCCCCCCCCCC/C=C\C/C=C\C/C=C\CCCCCCC)COP(=O)([O-])OCC[N+](C)(C)C. The molecule has 0 radical (unpaired) electrons. The summed E-state index contributed by atoms with van der Waals surface area (Å²) < 4.78 is 34.6. The lowest BCUT2D eigenvalue weighted by molar-refractivity contribution is -0.870. The molecule has 0 aromatic rings. The summed E-state index contributed by atoms with van der Waals surface area (Å²) in [5.74, 6) is -0.421. The predicted octanol–water partition coefficient (Wildman–Crippen LogP) is 15.3. The smallest absolute Gasteiger partial charge is 0.306 e. The second-order valence-corrected chi connectivity index (χ2v) is 19.2. The number of likely N-dealkylation sites (N-methyl/N-ethyl adjacent to an activating group) is 1. The normalized spacial score (nSPS) is 14.5. The van der Waals surface area contributed by atoms with Gasteiger partial charge in [-0.15, -0.1) is 0 Å². The van der Waals surface area contributed by atoms with E-state index >= 15 is 0 Å². The zero-order valence-electron chi connectivity index (χ0n) is 42.1. The highest BCUT2D eigenvalue weighted by Gasteiger charge is 2.20. The fourth-order valence-electron chi connectivity index (χ4n) is 6.40. The minimum atomic E-state index is -4.56. The van der Waals surface area contributed by atoms with Crippen molar-refractivity contribution in [3.63, 3.8) is 0 Å².